The summed E-state index contributed by atoms with van der Waals surface area (Å²) >= 11 is 0. The Morgan fingerprint density at radius 2 is 1.67 bits per heavy atom. The lowest BCUT2D eigenvalue weighted by Crippen LogP contribution is -2.08. The van der Waals surface area contributed by atoms with E-state index in [9.17, 15) is 13.9 Å². The van der Waals surface area contributed by atoms with Gasteiger partial charge in [-0.2, -0.15) is 0 Å². The van der Waals surface area contributed by atoms with E-state index in [2.05, 4.69) is 0 Å². The first-order valence-electron chi connectivity index (χ1n) is 6.79. The van der Waals surface area contributed by atoms with Crippen LogP contribution in [0.25, 0.3) is 0 Å². The molecule has 0 bridgehead atoms. The van der Waals surface area contributed by atoms with Crippen LogP contribution in [0.4, 0.5) is 8.78 Å². The average molecular weight is 254 g/mol. The highest BCUT2D eigenvalue weighted by molar-refractivity contribution is 5.20. The Hall–Kier alpha value is -0.960. The highest BCUT2D eigenvalue weighted by Gasteiger charge is 2.16. The molecule has 0 aliphatic heterocycles. The number of aliphatic hydroxyl groups excluding tert-OH is 1. The standard InChI is InChI=1S/C15H20F2O/c16-13-8-12(9-14(17)10-13)15(18)7-6-11-4-2-1-3-5-11/h8-11,15,18H,1-7H2. The van der Waals surface area contributed by atoms with Gasteiger partial charge in [0.15, 0.2) is 0 Å². The van der Waals surface area contributed by atoms with E-state index in [4.69, 9.17) is 0 Å². The van der Waals surface area contributed by atoms with Gasteiger partial charge in [-0.15, -0.1) is 0 Å². The number of halogens is 2. The topological polar surface area (TPSA) is 20.2 Å². The summed E-state index contributed by atoms with van der Waals surface area (Å²) in [6.07, 6.45) is 7.09. The average Bonchev–Trinajstić information content (AvgIpc) is 2.36. The minimum absolute atomic E-state index is 0.350. The van der Waals surface area contributed by atoms with E-state index in [1.54, 1.807) is 0 Å². The Kier molecular flexibility index (Phi) is 4.70. The second-order valence-electron chi connectivity index (χ2n) is 5.30. The van der Waals surface area contributed by atoms with E-state index >= 15 is 0 Å². The summed E-state index contributed by atoms with van der Waals surface area (Å²) in [6, 6.07) is 3.26. The molecule has 0 spiro atoms. The van der Waals surface area contributed by atoms with Crippen LogP contribution in [-0.2, 0) is 0 Å². The van der Waals surface area contributed by atoms with Crippen molar-refractivity contribution in [3.8, 4) is 0 Å². The van der Waals surface area contributed by atoms with Gasteiger partial charge in [-0.1, -0.05) is 32.1 Å². The molecule has 1 aliphatic carbocycles. The molecule has 3 heteroatoms. The van der Waals surface area contributed by atoms with Gasteiger partial charge in [0.25, 0.3) is 0 Å². The molecule has 1 aromatic carbocycles. The highest BCUT2D eigenvalue weighted by Crippen LogP contribution is 2.30. The number of hydrogen-bond donors (Lipinski definition) is 1. The molecule has 1 atom stereocenters. The first-order chi connectivity index (χ1) is 8.65. The smallest absolute Gasteiger partial charge is 0.126 e. The molecule has 1 unspecified atom stereocenters. The van der Waals surface area contributed by atoms with Gasteiger partial charge in [0.05, 0.1) is 6.10 Å². The molecule has 0 saturated heterocycles. The zero-order valence-corrected chi connectivity index (χ0v) is 10.5. The molecule has 2 rings (SSSR count). The zero-order valence-electron chi connectivity index (χ0n) is 10.5. The maximum absolute atomic E-state index is 13.0. The quantitative estimate of drug-likeness (QED) is 0.846. The van der Waals surface area contributed by atoms with Gasteiger partial charge in [0.1, 0.15) is 11.6 Å². The Balaban J connectivity index is 1.88. The van der Waals surface area contributed by atoms with E-state index in [1.165, 1.54) is 44.2 Å². The maximum atomic E-state index is 13.0. The monoisotopic (exact) mass is 254 g/mol. The van der Waals surface area contributed by atoms with Crippen molar-refractivity contribution < 1.29 is 13.9 Å². The van der Waals surface area contributed by atoms with Crippen LogP contribution in [0, 0.1) is 17.6 Å². The summed E-state index contributed by atoms with van der Waals surface area (Å²) in [5, 5.41) is 9.97. The number of rotatable bonds is 4. The van der Waals surface area contributed by atoms with Crippen molar-refractivity contribution in [3.05, 3.63) is 35.4 Å². The minimum atomic E-state index is -0.753. The molecular formula is C15H20F2O. The van der Waals surface area contributed by atoms with Gasteiger partial charge in [-0.05, 0) is 36.5 Å². The molecule has 0 radical (unpaired) electrons. The normalized spacial score (nSPS) is 18.8. The zero-order chi connectivity index (χ0) is 13.0. The number of aliphatic hydroxyl groups is 1. The van der Waals surface area contributed by atoms with Crippen LogP contribution in [0.5, 0.6) is 0 Å². The van der Waals surface area contributed by atoms with Crippen molar-refractivity contribution in [2.45, 2.75) is 51.0 Å². The molecule has 0 aromatic heterocycles. The summed E-state index contributed by atoms with van der Waals surface area (Å²) in [5.41, 5.74) is 0.350. The predicted molar refractivity (Wildman–Crippen MR) is 67.1 cm³/mol. The van der Waals surface area contributed by atoms with Crippen LogP contribution in [0.1, 0.15) is 56.6 Å². The SMILES string of the molecule is OC(CCC1CCCCC1)c1cc(F)cc(F)c1. The van der Waals surface area contributed by atoms with Crippen LogP contribution in [0.15, 0.2) is 18.2 Å². The van der Waals surface area contributed by atoms with Crippen molar-refractivity contribution in [2.75, 3.05) is 0 Å². The lowest BCUT2D eigenvalue weighted by atomic mass is 9.85. The third kappa shape index (κ3) is 3.77. The minimum Gasteiger partial charge on any atom is -0.388 e. The second kappa shape index (κ2) is 6.28. The van der Waals surface area contributed by atoms with Gasteiger partial charge in [0, 0.05) is 6.07 Å². The van der Waals surface area contributed by atoms with Gasteiger partial charge < -0.3 is 5.11 Å². The largest absolute Gasteiger partial charge is 0.388 e. The third-order valence-corrected chi connectivity index (χ3v) is 3.84. The summed E-state index contributed by atoms with van der Waals surface area (Å²) in [7, 11) is 0. The maximum Gasteiger partial charge on any atom is 0.126 e. The van der Waals surface area contributed by atoms with Gasteiger partial charge >= 0.3 is 0 Å². The molecule has 1 N–H and O–H groups in total. The second-order valence-corrected chi connectivity index (χ2v) is 5.30. The third-order valence-electron chi connectivity index (χ3n) is 3.84. The molecule has 1 saturated carbocycles. The van der Waals surface area contributed by atoms with Crippen LogP contribution < -0.4 is 0 Å². The van der Waals surface area contributed by atoms with Gasteiger partial charge in [-0.25, -0.2) is 8.78 Å². The Labute approximate surface area is 107 Å². The van der Waals surface area contributed by atoms with Crippen molar-refractivity contribution >= 4 is 0 Å². The summed E-state index contributed by atoms with van der Waals surface area (Å²) < 4.78 is 26.1. The molecule has 0 amide bonds. The summed E-state index contributed by atoms with van der Waals surface area (Å²) in [6.45, 7) is 0. The van der Waals surface area contributed by atoms with Gasteiger partial charge in [0.2, 0.25) is 0 Å². The van der Waals surface area contributed by atoms with Gasteiger partial charge in [-0.3, -0.25) is 0 Å². The number of hydrogen-bond acceptors (Lipinski definition) is 1. The molecule has 1 aliphatic rings. The fraction of sp³-hybridized carbons (Fsp3) is 0.600. The van der Waals surface area contributed by atoms with Crippen LogP contribution in [0.2, 0.25) is 0 Å². The molecule has 1 nitrogen and oxygen atoms in total. The fourth-order valence-electron chi connectivity index (χ4n) is 2.80. The van der Waals surface area contributed by atoms with E-state index in [0.717, 1.165) is 12.5 Å². The molecule has 18 heavy (non-hydrogen) atoms. The molecule has 0 heterocycles. The predicted octanol–water partition coefficient (Wildman–Crippen LogP) is 4.36. The van der Waals surface area contributed by atoms with Crippen molar-refractivity contribution in [1.29, 1.82) is 0 Å². The van der Waals surface area contributed by atoms with Crippen LogP contribution in [-0.4, -0.2) is 5.11 Å². The van der Waals surface area contributed by atoms with E-state index in [1.807, 2.05) is 0 Å². The van der Waals surface area contributed by atoms with Crippen molar-refractivity contribution in [1.82, 2.24) is 0 Å². The summed E-state index contributed by atoms with van der Waals surface area (Å²) in [5.74, 6) is -0.574. The van der Waals surface area contributed by atoms with E-state index < -0.39 is 17.7 Å². The summed E-state index contributed by atoms with van der Waals surface area (Å²) in [4.78, 5) is 0. The number of benzene rings is 1. The molecule has 1 aromatic rings. The van der Waals surface area contributed by atoms with Crippen molar-refractivity contribution in [2.24, 2.45) is 5.92 Å². The first kappa shape index (κ1) is 13.5. The molecule has 1 fully saturated rings. The van der Waals surface area contributed by atoms with E-state index in [-0.39, 0.29) is 0 Å². The Bertz CT molecular complexity index is 366. The van der Waals surface area contributed by atoms with E-state index in [0.29, 0.717) is 17.9 Å². The molecular weight excluding hydrogens is 234 g/mol. The Morgan fingerprint density at radius 1 is 1.06 bits per heavy atom. The molecule has 100 valence electrons. The lowest BCUT2D eigenvalue weighted by Gasteiger charge is -2.22. The first-order valence-corrected chi connectivity index (χ1v) is 6.79. The Morgan fingerprint density at radius 3 is 2.28 bits per heavy atom. The lowest BCUT2D eigenvalue weighted by molar-refractivity contribution is 0.150. The van der Waals surface area contributed by atoms with Crippen LogP contribution >= 0.6 is 0 Å². The highest BCUT2D eigenvalue weighted by atomic mass is 19.1. The fourth-order valence-corrected chi connectivity index (χ4v) is 2.80. The van der Waals surface area contributed by atoms with Crippen molar-refractivity contribution in [3.63, 3.8) is 0 Å². The van der Waals surface area contributed by atoms with Crippen LogP contribution in [0.3, 0.4) is 0 Å².